The highest BCUT2D eigenvalue weighted by molar-refractivity contribution is 7.86. The van der Waals surface area contributed by atoms with Gasteiger partial charge in [0.05, 0.1) is 0 Å². The Kier molecular flexibility index (Phi) is 3.36. The number of hydrogen-bond acceptors (Lipinski definition) is 2. The predicted octanol–water partition coefficient (Wildman–Crippen LogP) is 2.11. The van der Waals surface area contributed by atoms with Crippen molar-refractivity contribution in [3.05, 3.63) is 41.7 Å². The van der Waals surface area contributed by atoms with Gasteiger partial charge in [0.1, 0.15) is 5.82 Å². The Hall–Kier alpha value is -1.24. The van der Waals surface area contributed by atoms with Gasteiger partial charge in [0.15, 0.2) is 0 Å². The Bertz CT molecular complexity index is 719. The first kappa shape index (κ1) is 14.4. The molecule has 0 amide bonds. The average Bonchev–Trinajstić information content (AvgIpc) is 3.06. The van der Waals surface area contributed by atoms with Gasteiger partial charge in [0.25, 0.3) is 10.2 Å². The fourth-order valence-corrected chi connectivity index (χ4v) is 5.34. The van der Waals surface area contributed by atoms with Crippen molar-refractivity contribution in [1.82, 2.24) is 8.61 Å². The van der Waals surface area contributed by atoms with E-state index in [2.05, 4.69) is 0 Å². The van der Waals surface area contributed by atoms with Crippen molar-refractivity contribution in [2.24, 2.45) is 11.8 Å². The molecule has 2 heterocycles. The van der Waals surface area contributed by atoms with Crippen molar-refractivity contribution in [2.75, 3.05) is 26.2 Å². The Balaban J connectivity index is 1.50. The number of fused-ring (bicyclic) bond motifs is 1. The van der Waals surface area contributed by atoms with E-state index in [1.807, 2.05) is 6.08 Å². The summed E-state index contributed by atoms with van der Waals surface area (Å²) in [5.41, 5.74) is 1.26. The van der Waals surface area contributed by atoms with Crippen molar-refractivity contribution in [3.8, 4) is 0 Å². The van der Waals surface area contributed by atoms with Crippen LogP contribution in [-0.2, 0) is 10.2 Å². The molecule has 0 aromatic heterocycles. The molecule has 4 nitrogen and oxygen atoms in total. The molecule has 0 radical (unpaired) electrons. The largest absolute Gasteiger partial charge is 0.282 e. The lowest BCUT2D eigenvalue weighted by molar-refractivity contribution is 0.243. The maximum absolute atomic E-state index is 13.9. The van der Waals surface area contributed by atoms with Crippen molar-refractivity contribution >= 4 is 15.8 Å². The van der Waals surface area contributed by atoms with Crippen LogP contribution >= 0.6 is 0 Å². The van der Waals surface area contributed by atoms with Crippen LogP contribution in [0.15, 0.2) is 30.3 Å². The number of halogens is 1. The summed E-state index contributed by atoms with van der Waals surface area (Å²) in [5.74, 6) is 0.806. The van der Waals surface area contributed by atoms with Gasteiger partial charge in [-0.3, -0.25) is 0 Å². The Labute approximate surface area is 130 Å². The summed E-state index contributed by atoms with van der Waals surface area (Å²) >= 11 is 0. The zero-order valence-corrected chi connectivity index (χ0v) is 13.1. The van der Waals surface area contributed by atoms with Crippen LogP contribution in [0.1, 0.15) is 18.4 Å². The third kappa shape index (κ3) is 2.21. The van der Waals surface area contributed by atoms with Crippen LogP contribution in [0.25, 0.3) is 5.57 Å². The molecule has 0 spiro atoms. The third-order valence-corrected chi connectivity index (χ3v) is 7.09. The minimum Gasteiger partial charge on any atom is -0.206 e. The summed E-state index contributed by atoms with van der Waals surface area (Å²) in [5, 5.41) is 0. The van der Waals surface area contributed by atoms with Crippen LogP contribution in [0.2, 0.25) is 0 Å². The molecule has 1 saturated heterocycles. The van der Waals surface area contributed by atoms with Crippen LogP contribution < -0.4 is 0 Å². The van der Waals surface area contributed by atoms with E-state index in [0.29, 0.717) is 37.0 Å². The first-order chi connectivity index (χ1) is 10.6. The molecule has 3 aliphatic rings. The molecule has 1 saturated carbocycles. The van der Waals surface area contributed by atoms with Gasteiger partial charge in [0.2, 0.25) is 0 Å². The van der Waals surface area contributed by atoms with Gasteiger partial charge in [0, 0.05) is 31.7 Å². The standard InChI is InChI=1S/C16H19FN2O2S/c17-16-4-2-1-3-15(16)14-7-8-18(11-14)22(20,21)19-9-12-5-6-13(12)10-19/h1-4,7,12-13H,5-6,8-11H2/t12-,13+. The summed E-state index contributed by atoms with van der Waals surface area (Å²) in [6.07, 6.45) is 4.12. The zero-order chi connectivity index (χ0) is 15.3. The molecular formula is C16H19FN2O2S. The number of hydrogen-bond donors (Lipinski definition) is 0. The van der Waals surface area contributed by atoms with E-state index in [1.54, 1.807) is 22.5 Å². The molecule has 22 heavy (non-hydrogen) atoms. The molecule has 1 aromatic rings. The van der Waals surface area contributed by atoms with Gasteiger partial charge in [-0.15, -0.1) is 0 Å². The maximum atomic E-state index is 13.9. The second kappa shape index (κ2) is 5.15. The first-order valence-corrected chi connectivity index (χ1v) is 9.14. The quantitative estimate of drug-likeness (QED) is 0.855. The Morgan fingerprint density at radius 3 is 2.36 bits per heavy atom. The highest BCUT2D eigenvalue weighted by Gasteiger charge is 2.45. The van der Waals surface area contributed by atoms with Crippen molar-refractivity contribution in [3.63, 3.8) is 0 Å². The molecule has 0 bridgehead atoms. The van der Waals surface area contributed by atoms with Crippen LogP contribution in [0.5, 0.6) is 0 Å². The first-order valence-electron chi connectivity index (χ1n) is 7.75. The summed E-state index contributed by atoms with van der Waals surface area (Å²) in [4.78, 5) is 0. The number of nitrogens with zero attached hydrogens (tertiary/aromatic N) is 2. The Morgan fingerprint density at radius 1 is 1.05 bits per heavy atom. The van der Waals surface area contributed by atoms with Crippen molar-refractivity contribution in [2.45, 2.75) is 12.8 Å². The monoisotopic (exact) mass is 322 g/mol. The maximum Gasteiger partial charge on any atom is 0.282 e. The lowest BCUT2D eigenvalue weighted by Gasteiger charge is -2.27. The molecule has 1 aromatic carbocycles. The molecule has 2 fully saturated rings. The molecular weight excluding hydrogens is 303 g/mol. The number of benzene rings is 1. The minimum absolute atomic E-state index is 0.259. The molecule has 118 valence electrons. The summed E-state index contributed by atoms with van der Waals surface area (Å²) in [6.45, 7) is 1.89. The van der Waals surface area contributed by atoms with E-state index in [9.17, 15) is 12.8 Å². The van der Waals surface area contributed by atoms with Gasteiger partial charge >= 0.3 is 0 Å². The molecule has 4 rings (SSSR count). The zero-order valence-electron chi connectivity index (χ0n) is 12.3. The van der Waals surface area contributed by atoms with Crippen LogP contribution in [0.3, 0.4) is 0 Å². The fourth-order valence-electron chi connectivity index (χ4n) is 3.69. The van der Waals surface area contributed by atoms with Gasteiger partial charge in [-0.05, 0) is 36.3 Å². The fraction of sp³-hybridized carbons (Fsp3) is 0.500. The molecule has 1 aliphatic carbocycles. The van der Waals surface area contributed by atoms with Crippen LogP contribution in [0.4, 0.5) is 4.39 Å². The van der Waals surface area contributed by atoms with Gasteiger partial charge in [-0.1, -0.05) is 24.3 Å². The van der Waals surface area contributed by atoms with E-state index >= 15 is 0 Å². The summed E-state index contributed by atoms with van der Waals surface area (Å²) in [7, 11) is -3.43. The third-order valence-electron chi connectivity index (χ3n) is 5.21. The summed E-state index contributed by atoms with van der Waals surface area (Å²) < 4.78 is 42.4. The van der Waals surface area contributed by atoms with Crippen molar-refractivity contribution in [1.29, 1.82) is 0 Å². The van der Waals surface area contributed by atoms with Gasteiger partial charge in [-0.2, -0.15) is 17.0 Å². The van der Waals surface area contributed by atoms with E-state index in [4.69, 9.17) is 0 Å². The smallest absolute Gasteiger partial charge is 0.206 e. The minimum atomic E-state index is -3.43. The second-order valence-electron chi connectivity index (χ2n) is 6.42. The highest BCUT2D eigenvalue weighted by Crippen LogP contribution is 2.42. The number of rotatable bonds is 3. The lowest BCUT2D eigenvalue weighted by Crippen LogP contribution is -2.41. The molecule has 0 N–H and O–H groups in total. The molecule has 0 unspecified atom stereocenters. The van der Waals surface area contributed by atoms with Crippen LogP contribution in [0, 0.1) is 17.7 Å². The summed E-state index contributed by atoms with van der Waals surface area (Å²) in [6, 6.07) is 6.52. The van der Waals surface area contributed by atoms with E-state index in [0.717, 1.165) is 18.4 Å². The predicted molar refractivity (Wildman–Crippen MR) is 82.7 cm³/mol. The average molecular weight is 322 g/mol. The van der Waals surface area contributed by atoms with Gasteiger partial charge < -0.3 is 0 Å². The normalized spacial score (nSPS) is 29.2. The highest BCUT2D eigenvalue weighted by atomic mass is 32.2. The van der Waals surface area contributed by atoms with E-state index in [1.165, 1.54) is 10.4 Å². The molecule has 6 heteroatoms. The SMILES string of the molecule is O=S(=O)(N1CC=C(c2ccccc2F)C1)N1C[C@H]2CC[C@H]2C1. The van der Waals surface area contributed by atoms with Crippen LogP contribution in [-0.4, -0.2) is 43.2 Å². The molecule has 2 atom stereocenters. The molecule has 2 aliphatic heterocycles. The lowest BCUT2D eigenvalue weighted by atomic mass is 9.77. The van der Waals surface area contributed by atoms with Crippen molar-refractivity contribution < 1.29 is 12.8 Å². The topological polar surface area (TPSA) is 40.6 Å². The van der Waals surface area contributed by atoms with E-state index in [-0.39, 0.29) is 12.4 Å². The van der Waals surface area contributed by atoms with Gasteiger partial charge in [-0.25, -0.2) is 4.39 Å². The Morgan fingerprint density at radius 2 is 1.73 bits per heavy atom. The van der Waals surface area contributed by atoms with E-state index < -0.39 is 10.2 Å². The second-order valence-corrected chi connectivity index (χ2v) is 8.35.